The molecule has 2 aromatic rings. The fraction of sp³-hybridized carbons (Fsp3) is 0.200. The monoisotopic (exact) mass is 346 g/mol. The molecular formula is C20H18N4O2. The number of carbonyl (C=O) groups is 1. The first-order chi connectivity index (χ1) is 12.6. The van der Waals surface area contributed by atoms with Crippen LogP contribution in [0, 0.1) is 36.5 Å². The summed E-state index contributed by atoms with van der Waals surface area (Å²) in [5.74, 6) is 11.9. The van der Waals surface area contributed by atoms with Gasteiger partial charge in [0.15, 0.2) is 17.3 Å². The van der Waals surface area contributed by atoms with E-state index in [1.54, 1.807) is 18.7 Å². The second kappa shape index (κ2) is 8.87. The maximum atomic E-state index is 12.4. The summed E-state index contributed by atoms with van der Waals surface area (Å²) in [6.07, 6.45) is 10.5. The maximum absolute atomic E-state index is 12.4. The molecular weight excluding hydrogens is 328 g/mol. The molecule has 130 valence electrons. The van der Waals surface area contributed by atoms with Crippen molar-refractivity contribution in [1.82, 2.24) is 14.9 Å². The van der Waals surface area contributed by atoms with Crippen molar-refractivity contribution < 1.29 is 9.53 Å². The number of ether oxygens (including phenoxy) is 1. The Balaban J connectivity index is 2.39. The van der Waals surface area contributed by atoms with Crippen LogP contribution in [-0.4, -0.2) is 35.7 Å². The first kappa shape index (κ1) is 18.5. The van der Waals surface area contributed by atoms with E-state index < -0.39 is 0 Å². The zero-order valence-electron chi connectivity index (χ0n) is 14.6. The number of nitrogens with zero attached hydrogens (tertiary/aromatic N) is 2. The summed E-state index contributed by atoms with van der Waals surface area (Å²) >= 11 is 0. The van der Waals surface area contributed by atoms with Crippen molar-refractivity contribution in [3.8, 4) is 42.3 Å². The van der Waals surface area contributed by atoms with Gasteiger partial charge in [0.2, 0.25) is 0 Å². The van der Waals surface area contributed by atoms with Gasteiger partial charge in [-0.2, -0.15) is 0 Å². The average molecular weight is 346 g/mol. The number of nitrogens with one attached hydrogen (secondary N) is 2. The third-order valence-electron chi connectivity index (χ3n) is 3.41. The van der Waals surface area contributed by atoms with Crippen LogP contribution in [0.15, 0.2) is 24.3 Å². The van der Waals surface area contributed by atoms with Crippen LogP contribution in [-0.2, 0) is 7.05 Å². The molecule has 0 atom stereocenters. The predicted octanol–water partition coefficient (Wildman–Crippen LogP) is 1.24. The molecule has 0 radical (unpaired) electrons. The second-order valence-electron chi connectivity index (χ2n) is 5.12. The number of terminal acetylenes is 2. The Bertz CT molecular complexity index is 949. The molecule has 6 nitrogen and oxygen atoms in total. The van der Waals surface area contributed by atoms with Gasteiger partial charge in [0.05, 0.1) is 20.2 Å². The molecule has 0 spiro atoms. The molecule has 1 aromatic carbocycles. The van der Waals surface area contributed by atoms with Crippen LogP contribution in [0.2, 0.25) is 0 Å². The molecule has 6 heteroatoms. The zero-order chi connectivity index (χ0) is 18.9. The van der Waals surface area contributed by atoms with Crippen LogP contribution in [0.3, 0.4) is 0 Å². The van der Waals surface area contributed by atoms with Crippen molar-refractivity contribution >= 4 is 11.7 Å². The summed E-state index contributed by atoms with van der Waals surface area (Å²) in [4.78, 5) is 16.7. The number of aromatic nitrogens is 2. The summed E-state index contributed by atoms with van der Waals surface area (Å²) in [7, 11) is 3.30. The number of anilines is 1. The van der Waals surface area contributed by atoms with Crippen molar-refractivity contribution in [2.24, 2.45) is 7.05 Å². The first-order valence-corrected chi connectivity index (χ1v) is 7.72. The molecule has 1 heterocycles. The van der Waals surface area contributed by atoms with Crippen LogP contribution in [0.4, 0.5) is 5.82 Å². The summed E-state index contributed by atoms with van der Waals surface area (Å²) in [5, 5.41) is 5.55. The van der Waals surface area contributed by atoms with Crippen molar-refractivity contribution in [3.05, 3.63) is 41.3 Å². The number of hydrogen-bond donors (Lipinski definition) is 2. The highest BCUT2D eigenvalue weighted by atomic mass is 16.5. The van der Waals surface area contributed by atoms with Gasteiger partial charge in [-0.15, -0.1) is 12.8 Å². The summed E-state index contributed by atoms with van der Waals surface area (Å²) in [6.45, 7) is 0.346. The minimum Gasteiger partial charge on any atom is -0.497 e. The molecule has 2 N–H and O–H groups in total. The number of methoxy groups -OCH3 is 1. The minimum atomic E-state index is -0.355. The lowest BCUT2D eigenvalue weighted by Crippen LogP contribution is -2.26. The smallest absolute Gasteiger partial charge is 0.272 e. The third kappa shape index (κ3) is 4.38. The predicted molar refractivity (Wildman–Crippen MR) is 101 cm³/mol. The van der Waals surface area contributed by atoms with E-state index in [1.807, 2.05) is 24.3 Å². The molecule has 0 saturated carbocycles. The Morgan fingerprint density at radius 1 is 1.27 bits per heavy atom. The van der Waals surface area contributed by atoms with Crippen molar-refractivity contribution in [1.29, 1.82) is 0 Å². The van der Waals surface area contributed by atoms with Gasteiger partial charge in [-0.05, 0) is 24.1 Å². The molecule has 1 amide bonds. The number of rotatable bonds is 5. The van der Waals surface area contributed by atoms with E-state index in [9.17, 15) is 4.79 Å². The van der Waals surface area contributed by atoms with Gasteiger partial charge in [0, 0.05) is 12.6 Å². The van der Waals surface area contributed by atoms with Gasteiger partial charge >= 0.3 is 0 Å². The lowest BCUT2D eigenvalue weighted by molar-refractivity contribution is 0.0951. The van der Waals surface area contributed by atoms with E-state index in [0.717, 1.165) is 5.56 Å². The number of imidazole rings is 1. The van der Waals surface area contributed by atoms with Crippen LogP contribution >= 0.6 is 0 Å². The van der Waals surface area contributed by atoms with Gasteiger partial charge in [0.1, 0.15) is 5.75 Å². The Kier molecular flexibility index (Phi) is 6.32. The molecule has 2 rings (SSSR count). The summed E-state index contributed by atoms with van der Waals surface area (Å²) in [6, 6.07) is 7.35. The highest BCUT2D eigenvalue weighted by molar-refractivity contribution is 5.97. The van der Waals surface area contributed by atoms with Gasteiger partial charge < -0.3 is 19.9 Å². The van der Waals surface area contributed by atoms with Gasteiger partial charge in [-0.3, -0.25) is 4.79 Å². The van der Waals surface area contributed by atoms with Crippen LogP contribution in [0.5, 0.6) is 5.75 Å². The molecule has 0 unspecified atom stereocenters. The average Bonchev–Trinajstić information content (AvgIpc) is 2.98. The number of amides is 1. The molecule has 0 saturated heterocycles. The van der Waals surface area contributed by atoms with Gasteiger partial charge in [-0.25, -0.2) is 4.98 Å². The molecule has 0 aliphatic carbocycles. The number of benzene rings is 1. The van der Waals surface area contributed by atoms with Crippen LogP contribution < -0.4 is 15.4 Å². The fourth-order valence-corrected chi connectivity index (χ4v) is 2.17. The molecule has 0 fully saturated rings. The highest BCUT2D eigenvalue weighted by Crippen LogP contribution is 2.16. The van der Waals surface area contributed by atoms with Crippen molar-refractivity contribution in [2.75, 3.05) is 25.5 Å². The Morgan fingerprint density at radius 3 is 2.73 bits per heavy atom. The lowest BCUT2D eigenvalue weighted by Gasteiger charge is -2.06. The van der Waals surface area contributed by atoms with E-state index >= 15 is 0 Å². The minimum absolute atomic E-state index is 0.114. The SMILES string of the molecule is C#CCNC(=O)c1c(NCC#C)nc(C#Cc2cccc(OC)c2)n1C. The van der Waals surface area contributed by atoms with E-state index in [-0.39, 0.29) is 19.0 Å². The van der Waals surface area contributed by atoms with Gasteiger partial charge in [-0.1, -0.05) is 23.8 Å². The quantitative estimate of drug-likeness (QED) is 0.800. The van der Waals surface area contributed by atoms with Crippen LogP contribution in [0.25, 0.3) is 0 Å². The highest BCUT2D eigenvalue weighted by Gasteiger charge is 2.19. The topological polar surface area (TPSA) is 68.2 Å². The third-order valence-corrected chi connectivity index (χ3v) is 3.41. The normalized spacial score (nSPS) is 9.23. The van der Waals surface area contributed by atoms with Crippen molar-refractivity contribution in [2.45, 2.75) is 0 Å². The Hall–Kier alpha value is -3.82. The van der Waals surface area contributed by atoms with Crippen LogP contribution in [0.1, 0.15) is 21.9 Å². The summed E-state index contributed by atoms with van der Waals surface area (Å²) < 4.78 is 6.78. The van der Waals surface area contributed by atoms with E-state index in [0.29, 0.717) is 23.1 Å². The largest absolute Gasteiger partial charge is 0.497 e. The molecule has 26 heavy (non-hydrogen) atoms. The first-order valence-electron chi connectivity index (χ1n) is 7.72. The Labute approximate surface area is 153 Å². The number of carbonyl (C=O) groups excluding carboxylic acids is 1. The van der Waals surface area contributed by atoms with E-state index in [1.165, 1.54) is 0 Å². The van der Waals surface area contributed by atoms with Crippen molar-refractivity contribution in [3.63, 3.8) is 0 Å². The lowest BCUT2D eigenvalue weighted by atomic mass is 10.2. The molecule has 0 aliphatic heterocycles. The summed E-state index contributed by atoms with van der Waals surface area (Å²) in [5.41, 5.74) is 1.08. The Morgan fingerprint density at radius 2 is 2.04 bits per heavy atom. The molecule has 0 bridgehead atoms. The standard InChI is InChI=1S/C20H18N4O2/c1-5-12-21-19-18(20(25)22-13-6-2)24(3)17(23-19)11-10-15-8-7-9-16(14-15)26-4/h1-2,7-9,14,21H,12-13H2,3-4H3,(H,22,25). The second-order valence-corrected chi connectivity index (χ2v) is 5.12. The van der Waals surface area contributed by atoms with E-state index in [4.69, 9.17) is 17.6 Å². The van der Waals surface area contributed by atoms with E-state index in [2.05, 4.69) is 39.3 Å². The van der Waals surface area contributed by atoms with Gasteiger partial charge in [0.25, 0.3) is 5.91 Å². The maximum Gasteiger partial charge on any atom is 0.272 e. The zero-order valence-corrected chi connectivity index (χ0v) is 14.6. The fourth-order valence-electron chi connectivity index (χ4n) is 2.17. The number of hydrogen-bond acceptors (Lipinski definition) is 4. The molecule has 1 aromatic heterocycles. The molecule has 0 aliphatic rings.